The maximum atomic E-state index is 12.0. The molecule has 1 fully saturated rings. The first-order valence-corrected chi connectivity index (χ1v) is 8.49. The molecule has 1 aromatic carbocycles. The largest absolute Gasteiger partial charge is 0.353 e. The molecular formula is C19H30N2O. The first kappa shape index (κ1) is 17.0. The van der Waals surface area contributed by atoms with Crippen molar-refractivity contribution in [3.05, 3.63) is 35.4 Å². The van der Waals surface area contributed by atoms with E-state index in [1.54, 1.807) is 0 Å². The molecule has 0 saturated heterocycles. The number of carbonyl (C=O) groups excluding carboxylic acids is 1. The van der Waals surface area contributed by atoms with Gasteiger partial charge in [0, 0.05) is 18.5 Å². The first-order chi connectivity index (χ1) is 10.3. The van der Waals surface area contributed by atoms with E-state index in [-0.39, 0.29) is 11.3 Å². The summed E-state index contributed by atoms with van der Waals surface area (Å²) in [5.74, 6) is 0.167. The molecule has 3 heteroatoms. The summed E-state index contributed by atoms with van der Waals surface area (Å²) in [6.45, 7) is 6.64. The molecule has 0 unspecified atom stereocenters. The highest BCUT2D eigenvalue weighted by atomic mass is 16.1. The Balaban J connectivity index is 1.76. The molecule has 1 aliphatic rings. The van der Waals surface area contributed by atoms with Gasteiger partial charge in [0.15, 0.2) is 0 Å². The van der Waals surface area contributed by atoms with E-state index in [0.717, 1.165) is 32.1 Å². The number of nitrogens with one attached hydrogen (secondary N) is 1. The Morgan fingerprint density at radius 2 is 1.73 bits per heavy atom. The van der Waals surface area contributed by atoms with Gasteiger partial charge in [-0.3, -0.25) is 4.79 Å². The van der Waals surface area contributed by atoms with Crippen LogP contribution in [0.2, 0.25) is 0 Å². The summed E-state index contributed by atoms with van der Waals surface area (Å²) in [6, 6.07) is 9.30. The molecule has 0 radical (unpaired) electrons. The zero-order valence-corrected chi connectivity index (χ0v) is 14.2. The molecule has 22 heavy (non-hydrogen) atoms. The Kier molecular flexibility index (Phi) is 5.63. The lowest BCUT2D eigenvalue weighted by atomic mass is 9.86. The van der Waals surface area contributed by atoms with Gasteiger partial charge in [-0.05, 0) is 48.6 Å². The number of aryl methyl sites for hydroxylation is 1. The summed E-state index contributed by atoms with van der Waals surface area (Å²) in [4.78, 5) is 12.0. The van der Waals surface area contributed by atoms with Crippen LogP contribution in [0.4, 0.5) is 0 Å². The molecule has 122 valence electrons. The van der Waals surface area contributed by atoms with E-state index in [1.165, 1.54) is 11.1 Å². The van der Waals surface area contributed by atoms with Crippen molar-refractivity contribution in [1.82, 2.24) is 5.32 Å². The van der Waals surface area contributed by atoms with Crippen molar-refractivity contribution in [2.45, 2.75) is 76.8 Å². The number of hydrogen-bond acceptors (Lipinski definition) is 2. The Bertz CT molecular complexity index is 479. The lowest BCUT2D eigenvalue weighted by Crippen LogP contribution is -2.40. The molecule has 0 heterocycles. The van der Waals surface area contributed by atoms with Crippen LogP contribution in [0.15, 0.2) is 24.3 Å². The van der Waals surface area contributed by atoms with Crippen LogP contribution in [0.25, 0.3) is 0 Å². The molecule has 1 saturated carbocycles. The number of rotatable bonds is 4. The highest BCUT2D eigenvalue weighted by Gasteiger charge is 2.19. The zero-order chi connectivity index (χ0) is 16.2. The van der Waals surface area contributed by atoms with Crippen LogP contribution >= 0.6 is 0 Å². The normalized spacial score (nSPS) is 22.4. The zero-order valence-electron chi connectivity index (χ0n) is 14.2. The number of nitrogens with two attached hydrogens (primary N) is 1. The topological polar surface area (TPSA) is 55.1 Å². The molecule has 0 bridgehead atoms. The van der Waals surface area contributed by atoms with Crippen molar-refractivity contribution >= 4 is 5.91 Å². The second-order valence-corrected chi connectivity index (χ2v) is 7.63. The van der Waals surface area contributed by atoms with Gasteiger partial charge in [-0.2, -0.15) is 0 Å². The molecular weight excluding hydrogens is 272 g/mol. The van der Waals surface area contributed by atoms with Crippen molar-refractivity contribution in [2.75, 3.05) is 0 Å². The summed E-state index contributed by atoms with van der Waals surface area (Å²) in [5.41, 5.74) is 8.63. The third-order valence-corrected chi connectivity index (χ3v) is 4.60. The third kappa shape index (κ3) is 5.13. The van der Waals surface area contributed by atoms with Gasteiger partial charge in [0.2, 0.25) is 5.91 Å². The van der Waals surface area contributed by atoms with E-state index >= 15 is 0 Å². The predicted molar refractivity (Wildman–Crippen MR) is 91.8 cm³/mol. The van der Waals surface area contributed by atoms with Crippen LogP contribution in [0.1, 0.15) is 64.0 Å². The molecule has 1 amide bonds. The van der Waals surface area contributed by atoms with Crippen LogP contribution in [0.3, 0.4) is 0 Å². The van der Waals surface area contributed by atoms with E-state index < -0.39 is 0 Å². The molecule has 0 spiro atoms. The predicted octanol–water partition coefficient (Wildman–Crippen LogP) is 3.30. The van der Waals surface area contributed by atoms with Crippen LogP contribution in [-0.2, 0) is 16.6 Å². The standard InChI is InChI=1S/C19H30N2O/c1-19(2,3)15-7-4-14(5-8-15)6-13-18(22)21-17-11-9-16(20)10-12-17/h4-5,7-8,16-17H,6,9-13,20H2,1-3H3,(H,21,22). The van der Waals surface area contributed by atoms with Gasteiger partial charge in [-0.15, -0.1) is 0 Å². The van der Waals surface area contributed by atoms with E-state index in [2.05, 4.69) is 50.4 Å². The molecule has 3 nitrogen and oxygen atoms in total. The number of hydrogen-bond donors (Lipinski definition) is 2. The fourth-order valence-corrected chi connectivity index (χ4v) is 2.99. The monoisotopic (exact) mass is 302 g/mol. The van der Waals surface area contributed by atoms with Gasteiger partial charge >= 0.3 is 0 Å². The van der Waals surface area contributed by atoms with Gasteiger partial charge in [-0.25, -0.2) is 0 Å². The van der Waals surface area contributed by atoms with Gasteiger partial charge in [0.25, 0.3) is 0 Å². The third-order valence-electron chi connectivity index (χ3n) is 4.60. The molecule has 1 aromatic rings. The quantitative estimate of drug-likeness (QED) is 0.896. The van der Waals surface area contributed by atoms with Gasteiger partial charge in [-0.1, -0.05) is 45.0 Å². The number of amides is 1. The average molecular weight is 302 g/mol. The van der Waals surface area contributed by atoms with Crippen molar-refractivity contribution in [2.24, 2.45) is 5.73 Å². The summed E-state index contributed by atoms with van der Waals surface area (Å²) in [5, 5.41) is 3.15. The molecule has 3 N–H and O–H groups in total. The van der Waals surface area contributed by atoms with Gasteiger partial charge < -0.3 is 11.1 Å². The van der Waals surface area contributed by atoms with Crippen LogP contribution in [0.5, 0.6) is 0 Å². The van der Waals surface area contributed by atoms with Crippen LogP contribution in [-0.4, -0.2) is 18.0 Å². The Morgan fingerprint density at radius 3 is 2.27 bits per heavy atom. The highest BCUT2D eigenvalue weighted by Crippen LogP contribution is 2.22. The Morgan fingerprint density at radius 1 is 1.14 bits per heavy atom. The second-order valence-electron chi connectivity index (χ2n) is 7.63. The highest BCUT2D eigenvalue weighted by molar-refractivity contribution is 5.76. The molecule has 0 aliphatic heterocycles. The molecule has 0 aromatic heterocycles. The van der Waals surface area contributed by atoms with E-state index in [1.807, 2.05) is 0 Å². The smallest absolute Gasteiger partial charge is 0.220 e. The summed E-state index contributed by atoms with van der Waals surface area (Å²) >= 11 is 0. The summed E-state index contributed by atoms with van der Waals surface area (Å²) in [6.07, 6.45) is 5.47. The van der Waals surface area contributed by atoms with Crippen LogP contribution < -0.4 is 11.1 Å². The molecule has 1 aliphatic carbocycles. The first-order valence-electron chi connectivity index (χ1n) is 8.49. The lowest BCUT2D eigenvalue weighted by molar-refractivity contribution is -0.122. The number of benzene rings is 1. The number of carbonyl (C=O) groups is 1. The van der Waals surface area contributed by atoms with Crippen molar-refractivity contribution in [1.29, 1.82) is 0 Å². The Hall–Kier alpha value is -1.35. The van der Waals surface area contributed by atoms with Crippen LogP contribution in [0, 0.1) is 0 Å². The fourth-order valence-electron chi connectivity index (χ4n) is 2.99. The average Bonchev–Trinajstić information content (AvgIpc) is 2.47. The Labute approximate surface area is 134 Å². The lowest BCUT2D eigenvalue weighted by Gasteiger charge is -2.26. The molecule has 0 atom stereocenters. The summed E-state index contributed by atoms with van der Waals surface area (Å²) < 4.78 is 0. The minimum atomic E-state index is 0.167. The van der Waals surface area contributed by atoms with Gasteiger partial charge in [0.05, 0.1) is 0 Å². The van der Waals surface area contributed by atoms with E-state index in [4.69, 9.17) is 5.73 Å². The minimum Gasteiger partial charge on any atom is -0.353 e. The fraction of sp³-hybridized carbons (Fsp3) is 0.632. The van der Waals surface area contributed by atoms with E-state index in [9.17, 15) is 4.79 Å². The summed E-state index contributed by atoms with van der Waals surface area (Å²) in [7, 11) is 0. The molecule has 2 rings (SSSR count). The van der Waals surface area contributed by atoms with Crippen molar-refractivity contribution < 1.29 is 4.79 Å². The minimum absolute atomic E-state index is 0.167. The van der Waals surface area contributed by atoms with E-state index in [0.29, 0.717) is 18.5 Å². The van der Waals surface area contributed by atoms with Crippen molar-refractivity contribution in [3.63, 3.8) is 0 Å². The van der Waals surface area contributed by atoms with Gasteiger partial charge in [0.1, 0.15) is 0 Å². The second kappa shape index (κ2) is 7.28. The van der Waals surface area contributed by atoms with Crippen molar-refractivity contribution in [3.8, 4) is 0 Å². The SMILES string of the molecule is CC(C)(C)c1ccc(CCC(=O)NC2CCC(N)CC2)cc1. The maximum Gasteiger partial charge on any atom is 0.220 e. The maximum absolute atomic E-state index is 12.0.